The van der Waals surface area contributed by atoms with Crippen molar-refractivity contribution in [3.8, 4) is 0 Å². The number of aromatic nitrogens is 2. The molecule has 0 spiro atoms. The van der Waals surface area contributed by atoms with E-state index >= 15 is 0 Å². The van der Waals surface area contributed by atoms with Crippen molar-refractivity contribution in [2.24, 2.45) is 0 Å². The van der Waals surface area contributed by atoms with Crippen LogP contribution in [0.2, 0.25) is 0 Å². The summed E-state index contributed by atoms with van der Waals surface area (Å²) in [5.41, 5.74) is 3.07. The highest BCUT2D eigenvalue weighted by Crippen LogP contribution is 2.18. The Morgan fingerprint density at radius 1 is 1.11 bits per heavy atom. The first-order valence-electron chi connectivity index (χ1n) is 9.81. The number of nitrogens with one attached hydrogen (secondary N) is 2. The van der Waals surface area contributed by atoms with Crippen molar-refractivity contribution in [3.05, 3.63) is 65.6 Å². The van der Waals surface area contributed by atoms with E-state index in [-0.39, 0.29) is 11.8 Å². The number of hydrogen-bond acceptors (Lipinski definition) is 3. The average molecular weight is 376 g/mol. The van der Waals surface area contributed by atoms with Gasteiger partial charge in [-0.15, -0.1) is 0 Å². The summed E-state index contributed by atoms with van der Waals surface area (Å²) in [6.07, 6.45) is 7.47. The topological polar surface area (TPSA) is 78.1 Å². The van der Waals surface area contributed by atoms with Crippen molar-refractivity contribution >= 4 is 22.7 Å². The van der Waals surface area contributed by atoms with Crippen LogP contribution in [0.3, 0.4) is 0 Å². The predicted molar refractivity (Wildman–Crippen MR) is 108 cm³/mol. The zero-order valence-corrected chi connectivity index (χ0v) is 15.8. The highest BCUT2D eigenvalue weighted by Gasteiger charge is 2.20. The van der Waals surface area contributed by atoms with Gasteiger partial charge in [0, 0.05) is 48.5 Å². The number of pyridine rings is 1. The number of rotatable bonds is 5. The van der Waals surface area contributed by atoms with Crippen LogP contribution in [-0.4, -0.2) is 46.3 Å². The van der Waals surface area contributed by atoms with E-state index in [9.17, 15) is 9.59 Å². The smallest absolute Gasteiger partial charge is 0.272 e. The van der Waals surface area contributed by atoms with Gasteiger partial charge in [0.1, 0.15) is 5.69 Å². The molecule has 2 N–H and O–H groups in total. The van der Waals surface area contributed by atoms with Crippen molar-refractivity contribution in [1.29, 1.82) is 0 Å². The lowest BCUT2D eigenvalue weighted by atomic mass is 10.1. The Labute approximate surface area is 164 Å². The zero-order valence-electron chi connectivity index (χ0n) is 15.8. The van der Waals surface area contributed by atoms with Crippen LogP contribution in [0.25, 0.3) is 10.9 Å². The predicted octanol–water partition coefficient (Wildman–Crippen LogP) is 3.16. The minimum absolute atomic E-state index is 0.0897. The van der Waals surface area contributed by atoms with Gasteiger partial charge in [0.2, 0.25) is 0 Å². The fourth-order valence-electron chi connectivity index (χ4n) is 3.70. The Kier molecular flexibility index (Phi) is 5.37. The Morgan fingerprint density at radius 3 is 2.79 bits per heavy atom. The van der Waals surface area contributed by atoms with E-state index in [4.69, 9.17) is 0 Å². The van der Waals surface area contributed by atoms with E-state index in [1.54, 1.807) is 12.1 Å². The number of benzene rings is 1. The first-order chi connectivity index (χ1) is 13.7. The molecule has 3 heterocycles. The molecule has 2 aromatic heterocycles. The van der Waals surface area contributed by atoms with Gasteiger partial charge in [-0.3, -0.25) is 14.6 Å². The number of hydrogen-bond donors (Lipinski definition) is 2. The van der Waals surface area contributed by atoms with E-state index in [0.29, 0.717) is 17.8 Å². The third-order valence-corrected chi connectivity index (χ3v) is 5.24. The molecule has 28 heavy (non-hydrogen) atoms. The van der Waals surface area contributed by atoms with Crippen molar-refractivity contribution in [1.82, 2.24) is 20.2 Å². The number of carbonyl (C=O) groups is 2. The van der Waals surface area contributed by atoms with Gasteiger partial charge in [0.05, 0.1) is 0 Å². The molecular weight excluding hydrogens is 352 g/mol. The van der Waals surface area contributed by atoms with E-state index in [1.807, 2.05) is 29.3 Å². The quantitative estimate of drug-likeness (QED) is 0.718. The molecule has 1 aliphatic heterocycles. The van der Waals surface area contributed by atoms with E-state index in [0.717, 1.165) is 44.3 Å². The fourth-order valence-corrected chi connectivity index (χ4v) is 3.70. The first-order valence-corrected chi connectivity index (χ1v) is 9.81. The third-order valence-electron chi connectivity index (χ3n) is 5.24. The van der Waals surface area contributed by atoms with E-state index in [1.165, 1.54) is 17.1 Å². The molecule has 1 aliphatic rings. The molecule has 1 aromatic carbocycles. The number of nitrogens with zero attached hydrogens (tertiary/aromatic N) is 2. The molecule has 0 bridgehead atoms. The van der Waals surface area contributed by atoms with Gasteiger partial charge >= 0.3 is 0 Å². The molecule has 1 saturated heterocycles. The van der Waals surface area contributed by atoms with Gasteiger partial charge in [0.15, 0.2) is 0 Å². The summed E-state index contributed by atoms with van der Waals surface area (Å²) in [6.45, 7) is 2.06. The van der Waals surface area contributed by atoms with Crippen molar-refractivity contribution in [2.75, 3.05) is 19.6 Å². The number of aromatic amines is 1. The van der Waals surface area contributed by atoms with Crippen LogP contribution in [0.4, 0.5) is 0 Å². The summed E-state index contributed by atoms with van der Waals surface area (Å²) in [4.78, 5) is 34.4. The number of H-pyrrole nitrogens is 1. The van der Waals surface area contributed by atoms with Crippen LogP contribution >= 0.6 is 0 Å². The van der Waals surface area contributed by atoms with Gasteiger partial charge < -0.3 is 15.2 Å². The SMILES string of the molecule is O=C(NCCc1c[nH]c2ccccc12)c1ccnc(C(=O)N2CCCCC2)c1. The Hall–Kier alpha value is -3.15. The molecule has 2 amide bonds. The summed E-state index contributed by atoms with van der Waals surface area (Å²) in [5, 5.41) is 4.12. The summed E-state index contributed by atoms with van der Waals surface area (Å²) in [5.74, 6) is -0.275. The highest BCUT2D eigenvalue weighted by atomic mass is 16.2. The number of carbonyl (C=O) groups excluding carboxylic acids is 2. The lowest BCUT2D eigenvalue weighted by Crippen LogP contribution is -2.36. The van der Waals surface area contributed by atoms with E-state index < -0.39 is 0 Å². The molecule has 6 heteroatoms. The number of likely N-dealkylation sites (tertiary alicyclic amines) is 1. The van der Waals surface area contributed by atoms with Crippen molar-refractivity contribution in [3.63, 3.8) is 0 Å². The fraction of sp³-hybridized carbons (Fsp3) is 0.318. The molecule has 0 aliphatic carbocycles. The third kappa shape index (κ3) is 3.91. The largest absolute Gasteiger partial charge is 0.361 e. The molecule has 1 fully saturated rings. The second-order valence-electron chi connectivity index (χ2n) is 7.15. The van der Waals surface area contributed by atoms with Crippen molar-refractivity contribution in [2.45, 2.75) is 25.7 Å². The maximum atomic E-state index is 12.6. The molecule has 0 radical (unpaired) electrons. The lowest BCUT2D eigenvalue weighted by Gasteiger charge is -2.26. The maximum absolute atomic E-state index is 12.6. The standard InChI is InChI=1S/C22H24N4O2/c27-21(24-11-9-17-15-25-19-7-3-2-6-18(17)19)16-8-10-23-20(14-16)22(28)26-12-4-1-5-13-26/h2-3,6-8,10,14-15,25H,1,4-5,9,11-13H2,(H,24,27). The number of amides is 2. The molecule has 0 saturated carbocycles. The van der Waals surface area contributed by atoms with Crippen LogP contribution in [0.5, 0.6) is 0 Å². The van der Waals surface area contributed by atoms with Gasteiger partial charge in [-0.05, 0) is 49.4 Å². The van der Waals surface area contributed by atoms with Gasteiger partial charge in [-0.25, -0.2) is 0 Å². The number of fused-ring (bicyclic) bond motifs is 1. The summed E-state index contributed by atoms with van der Waals surface area (Å²) in [7, 11) is 0. The maximum Gasteiger partial charge on any atom is 0.272 e. The van der Waals surface area contributed by atoms with Crippen LogP contribution in [-0.2, 0) is 6.42 Å². The molecule has 4 rings (SSSR count). The van der Waals surface area contributed by atoms with Crippen molar-refractivity contribution < 1.29 is 9.59 Å². The number of piperidine rings is 1. The summed E-state index contributed by atoms with van der Waals surface area (Å²) < 4.78 is 0. The van der Waals surface area contributed by atoms with Crippen LogP contribution in [0.15, 0.2) is 48.8 Å². The molecule has 3 aromatic rings. The highest BCUT2D eigenvalue weighted by molar-refractivity contribution is 5.98. The summed E-state index contributed by atoms with van der Waals surface area (Å²) >= 11 is 0. The first kappa shape index (κ1) is 18.2. The molecule has 0 atom stereocenters. The molecular formula is C22H24N4O2. The zero-order chi connectivity index (χ0) is 19.3. The second-order valence-corrected chi connectivity index (χ2v) is 7.15. The van der Waals surface area contributed by atoms with Crippen LogP contribution < -0.4 is 5.32 Å². The Balaban J connectivity index is 1.37. The Bertz CT molecular complexity index is 989. The summed E-state index contributed by atoms with van der Waals surface area (Å²) in [6, 6.07) is 11.4. The monoisotopic (exact) mass is 376 g/mol. The average Bonchev–Trinajstić information content (AvgIpc) is 3.17. The minimum Gasteiger partial charge on any atom is -0.361 e. The normalized spacial score (nSPS) is 14.2. The van der Waals surface area contributed by atoms with Crippen LogP contribution in [0, 0.1) is 0 Å². The van der Waals surface area contributed by atoms with E-state index in [2.05, 4.69) is 21.4 Å². The minimum atomic E-state index is -0.185. The lowest BCUT2D eigenvalue weighted by molar-refractivity contribution is 0.0718. The molecule has 144 valence electrons. The van der Waals surface area contributed by atoms with Gasteiger partial charge in [-0.2, -0.15) is 0 Å². The van der Waals surface area contributed by atoms with Gasteiger partial charge in [0.25, 0.3) is 11.8 Å². The number of para-hydroxylation sites is 1. The van der Waals surface area contributed by atoms with Gasteiger partial charge in [-0.1, -0.05) is 18.2 Å². The Morgan fingerprint density at radius 2 is 1.93 bits per heavy atom. The molecule has 0 unspecified atom stereocenters. The molecule has 6 nitrogen and oxygen atoms in total. The second kappa shape index (κ2) is 8.25. The van der Waals surface area contributed by atoms with Crippen LogP contribution in [0.1, 0.15) is 45.7 Å².